The van der Waals surface area contributed by atoms with Gasteiger partial charge in [-0.1, -0.05) is 6.92 Å². The van der Waals surface area contributed by atoms with Crippen molar-refractivity contribution in [3.05, 3.63) is 17.7 Å². The van der Waals surface area contributed by atoms with Crippen molar-refractivity contribution in [1.82, 2.24) is 19.8 Å². The average molecular weight is 250 g/mol. The van der Waals surface area contributed by atoms with Crippen LogP contribution in [0.25, 0.3) is 0 Å². The molecule has 0 aliphatic carbocycles. The van der Waals surface area contributed by atoms with Crippen LogP contribution in [0.15, 0.2) is 6.20 Å². The van der Waals surface area contributed by atoms with Crippen molar-refractivity contribution < 1.29 is 4.79 Å². The summed E-state index contributed by atoms with van der Waals surface area (Å²) in [4.78, 5) is 18.7. The Morgan fingerprint density at radius 1 is 1.56 bits per heavy atom. The van der Waals surface area contributed by atoms with E-state index in [0.29, 0.717) is 6.04 Å². The summed E-state index contributed by atoms with van der Waals surface area (Å²) >= 11 is 0. The van der Waals surface area contributed by atoms with Crippen molar-refractivity contribution in [3.63, 3.8) is 0 Å². The molecule has 0 bridgehead atoms. The first-order valence-corrected chi connectivity index (χ1v) is 6.61. The maximum absolute atomic E-state index is 12.5. The molecule has 1 aromatic rings. The maximum Gasteiger partial charge on any atom is 0.329 e. The van der Waals surface area contributed by atoms with Crippen molar-refractivity contribution in [1.29, 1.82) is 0 Å². The van der Waals surface area contributed by atoms with Crippen molar-refractivity contribution in [2.75, 3.05) is 13.1 Å². The molecule has 1 aliphatic rings. The summed E-state index contributed by atoms with van der Waals surface area (Å²) in [5.41, 5.74) is 0.885. The third-order valence-corrected chi connectivity index (χ3v) is 3.68. The topological polar surface area (TPSA) is 50.2 Å². The van der Waals surface area contributed by atoms with Crippen LogP contribution in [0.4, 0.5) is 4.79 Å². The van der Waals surface area contributed by atoms with Crippen molar-refractivity contribution in [2.45, 2.75) is 46.2 Å². The molecule has 2 rings (SSSR count). The summed E-state index contributed by atoms with van der Waals surface area (Å²) in [6.07, 6.45) is 2.83. The van der Waals surface area contributed by atoms with Crippen LogP contribution in [0.3, 0.4) is 0 Å². The third kappa shape index (κ3) is 2.27. The summed E-state index contributed by atoms with van der Waals surface area (Å²) in [6.45, 7) is 9.74. The molecule has 18 heavy (non-hydrogen) atoms. The van der Waals surface area contributed by atoms with Crippen molar-refractivity contribution in [2.24, 2.45) is 0 Å². The number of aryl methyl sites for hydroxylation is 2. The molecule has 2 unspecified atom stereocenters. The number of imidazole rings is 1. The molecule has 0 radical (unpaired) electrons. The normalized spacial score (nSPS) is 23.7. The second-order valence-corrected chi connectivity index (χ2v) is 4.97. The lowest BCUT2D eigenvalue weighted by atomic mass is 10.1. The van der Waals surface area contributed by atoms with Gasteiger partial charge in [-0.2, -0.15) is 0 Å². The molecule has 2 heterocycles. The number of likely N-dealkylation sites (tertiary alicyclic amines) is 1. The van der Waals surface area contributed by atoms with E-state index in [1.54, 1.807) is 4.57 Å². The number of rotatable bonds is 2. The number of carbonyl (C=O) groups excluding carboxylic acids is 1. The molecule has 0 saturated carbocycles. The summed E-state index contributed by atoms with van der Waals surface area (Å²) in [6, 6.07) is 0.685. The highest BCUT2D eigenvalue weighted by molar-refractivity contribution is 5.78. The SMILES string of the molecule is CCNC1CCN(C(=O)n2cc(C)nc2C)C1C. The van der Waals surface area contributed by atoms with Gasteiger partial charge in [-0.05, 0) is 33.7 Å². The Morgan fingerprint density at radius 2 is 2.28 bits per heavy atom. The molecule has 0 aromatic carbocycles. The van der Waals surface area contributed by atoms with Gasteiger partial charge in [-0.3, -0.25) is 4.57 Å². The summed E-state index contributed by atoms with van der Waals surface area (Å²) in [7, 11) is 0. The standard InChI is InChI=1S/C13H22N4O/c1-5-14-12-6-7-16(10(12)3)13(18)17-8-9(2)15-11(17)4/h8,10,12,14H,5-7H2,1-4H3. The zero-order valence-corrected chi connectivity index (χ0v) is 11.6. The van der Waals surface area contributed by atoms with Gasteiger partial charge in [0.15, 0.2) is 0 Å². The van der Waals surface area contributed by atoms with Crippen LogP contribution in [0.2, 0.25) is 0 Å². The molecule has 1 aromatic heterocycles. The lowest BCUT2D eigenvalue weighted by Crippen LogP contribution is -2.44. The van der Waals surface area contributed by atoms with Gasteiger partial charge in [0.25, 0.3) is 0 Å². The number of nitrogens with zero attached hydrogens (tertiary/aromatic N) is 3. The van der Waals surface area contributed by atoms with Gasteiger partial charge >= 0.3 is 6.03 Å². The Labute approximate surface area is 108 Å². The molecule has 5 heteroatoms. The number of nitrogens with one attached hydrogen (secondary N) is 1. The van der Waals surface area contributed by atoms with E-state index in [1.807, 2.05) is 24.9 Å². The largest absolute Gasteiger partial charge is 0.329 e. The van der Waals surface area contributed by atoms with Crippen LogP contribution < -0.4 is 5.32 Å². The predicted octanol–water partition coefficient (Wildman–Crippen LogP) is 1.54. The molecule has 1 saturated heterocycles. The molecular weight excluding hydrogens is 228 g/mol. The number of hydrogen-bond donors (Lipinski definition) is 1. The maximum atomic E-state index is 12.5. The Hall–Kier alpha value is -1.36. The van der Waals surface area contributed by atoms with Gasteiger partial charge in [0.05, 0.1) is 5.69 Å². The highest BCUT2D eigenvalue weighted by atomic mass is 16.2. The van der Waals surface area contributed by atoms with Crippen LogP contribution >= 0.6 is 0 Å². The number of likely N-dealkylation sites (N-methyl/N-ethyl adjacent to an activating group) is 1. The summed E-state index contributed by atoms with van der Waals surface area (Å²) < 4.78 is 1.65. The minimum Gasteiger partial charge on any atom is -0.320 e. The smallest absolute Gasteiger partial charge is 0.320 e. The number of aromatic nitrogens is 2. The highest BCUT2D eigenvalue weighted by Crippen LogP contribution is 2.19. The predicted molar refractivity (Wildman–Crippen MR) is 70.7 cm³/mol. The van der Waals surface area contributed by atoms with Crippen LogP contribution in [0, 0.1) is 13.8 Å². The van der Waals surface area contributed by atoms with E-state index in [4.69, 9.17) is 0 Å². The van der Waals surface area contributed by atoms with Gasteiger partial charge in [0.1, 0.15) is 5.82 Å². The first kappa shape index (κ1) is 13.1. The van der Waals surface area contributed by atoms with Gasteiger partial charge in [-0.15, -0.1) is 0 Å². The van der Waals surface area contributed by atoms with Crippen LogP contribution in [0.1, 0.15) is 31.8 Å². The van der Waals surface area contributed by atoms with E-state index in [2.05, 4.69) is 24.1 Å². The molecule has 2 atom stereocenters. The fraction of sp³-hybridized carbons (Fsp3) is 0.692. The fourth-order valence-electron chi connectivity index (χ4n) is 2.70. The molecule has 5 nitrogen and oxygen atoms in total. The van der Waals surface area contributed by atoms with Gasteiger partial charge in [0, 0.05) is 24.8 Å². The van der Waals surface area contributed by atoms with E-state index >= 15 is 0 Å². The number of carbonyl (C=O) groups is 1. The van der Waals surface area contributed by atoms with E-state index in [0.717, 1.165) is 31.0 Å². The number of amides is 1. The van der Waals surface area contributed by atoms with Crippen LogP contribution in [-0.2, 0) is 0 Å². The van der Waals surface area contributed by atoms with Crippen LogP contribution in [-0.4, -0.2) is 45.7 Å². The minimum atomic E-state index is 0.0426. The second-order valence-electron chi connectivity index (χ2n) is 4.97. The highest BCUT2D eigenvalue weighted by Gasteiger charge is 2.34. The molecule has 0 spiro atoms. The van der Waals surface area contributed by atoms with E-state index in [-0.39, 0.29) is 12.1 Å². The Balaban J connectivity index is 2.13. The Morgan fingerprint density at radius 3 is 2.83 bits per heavy atom. The summed E-state index contributed by atoms with van der Waals surface area (Å²) in [5.74, 6) is 0.761. The first-order chi connectivity index (χ1) is 8.54. The quantitative estimate of drug-likeness (QED) is 0.866. The van der Waals surface area contributed by atoms with Gasteiger partial charge < -0.3 is 10.2 Å². The summed E-state index contributed by atoms with van der Waals surface area (Å²) in [5, 5.41) is 3.43. The lowest BCUT2D eigenvalue weighted by Gasteiger charge is -2.25. The average Bonchev–Trinajstić information content (AvgIpc) is 2.83. The Kier molecular flexibility index (Phi) is 3.71. The number of hydrogen-bond acceptors (Lipinski definition) is 3. The molecule has 1 aliphatic heterocycles. The molecular formula is C13H22N4O. The lowest BCUT2D eigenvalue weighted by molar-refractivity contribution is 0.193. The Bertz CT molecular complexity index is 440. The first-order valence-electron chi connectivity index (χ1n) is 6.61. The fourth-order valence-corrected chi connectivity index (χ4v) is 2.70. The molecule has 1 amide bonds. The second kappa shape index (κ2) is 5.10. The van der Waals surface area contributed by atoms with E-state index in [1.165, 1.54) is 0 Å². The van der Waals surface area contributed by atoms with Crippen LogP contribution in [0.5, 0.6) is 0 Å². The molecule has 1 N–H and O–H groups in total. The van der Waals surface area contributed by atoms with Crippen molar-refractivity contribution >= 4 is 6.03 Å². The minimum absolute atomic E-state index is 0.0426. The van der Waals surface area contributed by atoms with E-state index < -0.39 is 0 Å². The zero-order valence-electron chi connectivity index (χ0n) is 11.6. The zero-order chi connectivity index (χ0) is 13.3. The molecule has 1 fully saturated rings. The van der Waals surface area contributed by atoms with Gasteiger partial charge in [-0.25, -0.2) is 9.78 Å². The molecule has 100 valence electrons. The van der Waals surface area contributed by atoms with E-state index in [9.17, 15) is 4.79 Å². The third-order valence-electron chi connectivity index (χ3n) is 3.68. The van der Waals surface area contributed by atoms with Gasteiger partial charge in [0.2, 0.25) is 0 Å². The monoisotopic (exact) mass is 250 g/mol. The van der Waals surface area contributed by atoms with Crippen molar-refractivity contribution in [3.8, 4) is 0 Å².